The second-order valence-electron chi connectivity index (χ2n) is 6.17. The fraction of sp³-hybridized carbons (Fsp3) is 0.846. The van der Waals surface area contributed by atoms with Crippen LogP contribution in [0.1, 0.15) is 41.0 Å². The third kappa shape index (κ3) is 9.16. The Morgan fingerprint density at radius 3 is 2.05 bits per heavy atom. The minimum absolute atomic E-state index is 0.248. The third-order valence-corrected chi connectivity index (χ3v) is 2.10. The van der Waals surface area contributed by atoms with Gasteiger partial charge in [-0.2, -0.15) is 0 Å². The van der Waals surface area contributed by atoms with Crippen molar-refractivity contribution in [3.8, 4) is 0 Å². The van der Waals surface area contributed by atoms with Crippen LogP contribution in [0.15, 0.2) is 0 Å². The second kappa shape index (κ2) is 7.21. The Balaban J connectivity index is 4.51. The van der Waals surface area contributed by atoms with Crippen LogP contribution in [-0.4, -0.2) is 42.9 Å². The van der Waals surface area contributed by atoms with Gasteiger partial charge in [-0.05, 0) is 33.1 Å². The van der Waals surface area contributed by atoms with Crippen LogP contribution in [0, 0.1) is 5.92 Å². The maximum absolute atomic E-state index is 11.7. The summed E-state index contributed by atoms with van der Waals surface area (Å²) < 4.78 is 5.18. The maximum Gasteiger partial charge on any atom is 0.409 e. The number of amides is 3. The highest BCUT2D eigenvalue weighted by Gasteiger charge is 2.21. The van der Waals surface area contributed by atoms with E-state index in [2.05, 4.69) is 10.6 Å². The van der Waals surface area contributed by atoms with E-state index in [1.165, 1.54) is 4.90 Å². The third-order valence-electron chi connectivity index (χ3n) is 2.10. The summed E-state index contributed by atoms with van der Waals surface area (Å²) >= 11 is 0. The Morgan fingerprint density at radius 1 is 1.16 bits per heavy atom. The van der Waals surface area contributed by atoms with E-state index >= 15 is 0 Å². The van der Waals surface area contributed by atoms with Crippen molar-refractivity contribution in [1.82, 2.24) is 15.5 Å². The highest BCUT2D eigenvalue weighted by molar-refractivity contribution is 5.75. The van der Waals surface area contributed by atoms with Crippen LogP contribution >= 0.6 is 0 Å². The van der Waals surface area contributed by atoms with E-state index in [4.69, 9.17) is 4.74 Å². The molecule has 0 aromatic carbocycles. The molecule has 0 unspecified atom stereocenters. The molecule has 0 aliphatic rings. The van der Waals surface area contributed by atoms with Crippen LogP contribution < -0.4 is 10.6 Å². The first-order chi connectivity index (χ1) is 8.51. The summed E-state index contributed by atoms with van der Waals surface area (Å²) in [4.78, 5) is 24.7. The topological polar surface area (TPSA) is 70.7 Å². The summed E-state index contributed by atoms with van der Waals surface area (Å²) in [6, 6.07) is -0.248. The first kappa shape index (κ1) is 17.5. The highest BCUT2D eigenvalue weighted by atomic mass is 16.6. The van der Waals surface area contributed by atoms with Gasteiger partial charge in [0.15, 0.2) is 0 Å². The molecule has 0 spiro atoms. The SMILES string of the molecule is CC(C)C[C@H](NC(=O)OC(C)(C)C)NC(=O)N(C)C. The lowest BCUT2D eigenvalue weighted by Crippen LogP contribution is -2.52. The van der Waals surface area contributed by atoms with Crippen LogP contribution in [0.2, 0.25) is 0 Å². The van der Waals surface area contributed by atoms with Gasteiger partial charge in [0.25, 0.3) is 0 Å². The molecule has 0 saturated heterocycles. The molecule has 0 radical (unpaired) electrons. The molecular formula is C13H27N3O3. The highest BCUT2D eigenvalue weighted by Crippen LogP contribution is 2.08. The van der Waals surface area contributed by atoms with Crippen molar-refractivity contribution in [2.75, 3.05) is 14.1 Å². The van der Waals surface area contributed by atoms with Crippen molar-refractivity contribution in [3.63, 3.8) is 0 Å². The lowest BCUT2D eigenvalue weighted by Gasteiger charge is -2.26. The van der Waals surface area contributed by atoms with Crippen molar-refractivity contribution < 1.29 is 14.3 Å². The lowest BCUT2D eigenvalue weighted by molar-refractivity contribution is 0.0490. The van der Waals surface area contributed by atoms with E-state index in [-0.39, 0.29) is 6.03 Å². The smallest absolute Gasteiger partial charge is 0.409 e. The molecule has 0 rings (SSSR count). The quantitative estimate of drug-likeness (QED) is 0.771. The zero-order chi connectivity index (χ0) is 15.2. The molecule has 0 bridgehead atoms. The fourth-order valence-corrected chi connectivity index (χ4v) is 1.35. The summed E-state index contributed by atoms with van der Waals surface area (Å²) in [5, 5.41) is 5.41. The Morgan fingerprint density at radius 2 is 1.68 bits per heavy atom. The predicted molar refractivity (Wildman–Crippen MR) is 74.8 cm³/mol. The van der Waals surface area contributed by atoms with Crippen molar-refractivity contribution >= 4 is 12.1 Å². The Kier molecular flexibility index (Phi) is 6.65. The van der Waals surface area contributed by atoms with Crippen molar-refractivity contribution in [1.29, 1.82) is 0 Å². The molecule has 2 N–H and O–H groups in total. The normalized spacial score (nSPS) is 12.8. The van der Waals surface area contributed by atoms with Crippen LogP contribution in [-0.2, 0) is 4.74 Å². The van der Waals surface area contributed by atoms with E-state index < -0.39 is 17.9 Å². The Hall–Kier alpha value is -1.46. The molecule has 0 heterocycles. The number of rotatable bonds is 4. The molecule has 6 nitrogen and oxygen atoms in total. The average molecular weight is 273 g/mol. The Labute approximate surface area is 115 Å². The first-order valence-corrected chi connectivity index (χ1v) is 6.48. The van der Waals surface area contributed by atoms with Crippen LogP contribution in [0.3, 0.4) is 0 Å². The number of hydrogen-bond acceptors (Lipinski definition) is 3. The van der Waals surface area contributed by atoms with Crippen LogP contribution in [0.5, 0.6) is 0 Å². The molecule has 19 heavy (non-hydrogen) atoms. The average Bonchev–Trinajstić information content (AvgIpc) is 2.12. The summed E-state index contributed by atoms with van der Waals surface area (Å²) in [7, 11) is 3.30. The van der Waals surface area contributed by atoms with Gasteiger partial charge >= 0.3 is 12.1 Å². The largest absolute Gasteiger partial charge is 0.444 e. The van der Waals surface area contributed by atoms with E-state index in [0.717, 1.165) is 0 Å². The number of hydrogen-bond donors (Lipinski definition) is 2. The molecule has 112 valence electrons. The molecule has 0 saturated carbocycles. The van der Waals surface area contributed by atoms with E-state index in [0.29, 0.717) is 12.3 Å². The zero-order valence-corrected chi connectivity index (χ0v) is 13.0. The molecular weight excluding hydrogens is 246 g/mol. The maximum atomic E-state index is 11.7. The molecule has 0 aromatic heterocycles. The molecule has 0 fully saturated rings. The van der Waals surface area contributed by atoms with Crippen molar-refractivity contribution in [2.45, 2.75) is 52.8 Å². The second-order valence-corrected chi connectivity index (χ2v) is 6.17. The van der Waals surface area contributed by atoms with Gasteiger partial charge in [-0.25, -0.2) is 9.59 Å². The number of ether oxygens (including phenoxy) is 1. The minimum Gasteiger partial charge on any atom is -0.444 e. The molecule has 3 amide bonds. The monoisotopic (exact) mass is 273 g/mol. The van der Waals surface area contributed by atoms with Crippen molar-refractivity contribution in [3.05, 3.63) is 0 Å². The number of nitrogens with zero attached hydrogens (tertiary/aromatic N) is 1. The number of carbonyl (C=O) groups is 2. The molecule has 0 aliphatic carbocycles. The zero-order valence-electron chi connectivity index (χ0n) is 13.0. The predicted octanol–water partition coefficient (Wildman–Crippen LogP) is 2.15. The van der Waals surface area contributed by atoms with E-state index in [1.54, 1.807) is 34.9 Å². The summed E-state index contributed by atoms with van der Waals surface area (Å²) in [5.41, 5.74) is -0.558. The molecule has 0 aromatic rings. The number of nitrogens with one attached hydrogen (secondary N) is 2. The van der Waals surface area contributed by atoms with Gasteiger partial charge in [0.2, 0.25) is 0 Å². The molecule has 6 heteroatoms. The van der Waals surface area contributed by atoms with Gasteiger partial charge in [-0.1, -0.05) is 13.8 Å². The van der Waals surface area contributed by atoms with Gasteiger partial charge in [0.1, 0.15) is 11.8 Å². The fourth-order valence-electron chi connectivity index (χ4n) is 1.35. The number of carbonyl (C=O) groups excluding carboxylic acids is 2. The lowest BCUT2D eigenvalue weighted by atomic mass is 10.1. The minimum atomic E-state index is -0.558. The summed E-state index contributed by atoms with van der Waals surface area (Å²) in [5.74, 6) is 0.336. The van der Waals surface area contributed by atoms with Gasteiger partial charge in [-0.3, -0.25) is 0 Å². The van der Waals surface area contributed by atoms with Gasteiger partial charge in [0.05, 0.1) is 0 Å². The van der Waals surface area contributed by atoms with Crippen molar-refractivity contribution in [2.24, 2.45) is 5.92 Å². The van der Waals surface area contributed by atoms with E-state index in [9.17, 15) is 9.59 Å². The molecule has 0 aliphatic heterocycles. The summed E-state index contributed by atoms with van der Waals surface area (Å²) in [6.07, 6.45) is -0.333. The number of urea groups is 1. The molecule has 1 atom stereocenters. The van der Waals surface area contributed by atoms with E-state index in [1.807, 2.05) is 13.8 Å². The first-order valence-electron chi connectivity index (χ1n) is 6.48. The van der Waals surface area contributed by atoms with Crippen LogP contribution in [0.25, 0.3) is 0 Å². The van der Waals surface area contributed by atoms with Gasteiger partial charge < -0.3 is 20.3 Å². The van der Waals surface area contributed by atoms with Gasteiger partial charge in [-0.15, -0.1) is 0 Å². The summed E-state index contributed by atoms with van der Waals surface area (Å²) in [6.45, 7) is 9.42. The Bertz CT molecular complexity index is 309. The number of alkyl carbamates (subject to hydrolysis) is 1. The standard InChI is InChI=1S/C13H27N3O3/c1-9(2)8-10(14-11(17)16(6)7)15-12(18)19-13(3,4)5/h9-10H,8H2,1-7H3,(H,14,17)(H,15,18)/t10-/m0/s1. The van der Waals surface area contributed by atoms with Crippen LogP contribution in [0.4, 0.5) is 9.59 Å². The van der Waals surface area contributed by atoms with Gasteiger partial charge in [0, 0.05) is 14.1 Å².